The predicted octanol–water partition coefficient (Wildman–Crippen LogP) is 8.29. The Bertz CT molecular complexity index is 1620. The van der Waals surface area contributed by atoms with Crippen LogP contribution in [0.5, 0.6) is 0 Å². The molecule has 0 radical (unpaired) electrons. The fourth-order valence-corrected chi connectivity index (χ4v) is 9.42. The summed E-state index contributed by atoms with van der Waals surface area (Å²) in [6, 6.07) is 24.7. The number of hydrogen-bond donors (Lipinski definition) is 0. The van der Waals surface area contributed by atoms with Gasteiger partial charge in [-0.1, -0.05) is 48.5 Å². The van der Waals surface area contributed by atoms with Crippen LogP contribution in [0, 0.1) is 35.1 Å². The van der Waals surface area contributed by atoms with Gasteiger partial charge >= 0.3 is 6.16 Å². The summed E-state index contributed by atoms with van der Waals surface area (Å²) >= 11 is 0. The van der Waals surface area contributed by atoms with Gasteiger partial charge in [-0.15, -0.1) is 0 Å². The third-order valence-corrected chi connectivity index (χ3v) is 11.6. The first-order valence-electron chi connectivity index (χ1n) is 17.7. The van der Waals surface area contributed by atoms with E-state index in [9.17, 15) is 22.4 Å². The summed E-state index contributed by atoms with van der Waals surface area (Å²) in [5, 5.41) is 0. The monoisotopic (exact) mass is 684 g/mol. The van der Waals surface area contributed by atoms with E-state index >= 15 is 0 Å². The van der Waals surface area contributed by atoms with E-state index in [0.717, 1.165) is 51.9 Å². The molecule has 260 valence electrons. The van der Waals surface area contributed by atoms with E-state index in [2.05, 4.69) is 9.80 Å². The number of hydrogen-bond acceptors (Lipinski definition) is 5. The lowest BCUT2D eigenvalue weighted by Crippen LogP contribution is -2.63. The van der Waals surface area contributed by atoms with Crippen LogP contribution in [0.15, 0.2) is 97.1 Å². The number of fused-ring (bicyclic) bond motifs is 6. The maximum Gasteiger partial charge on any atom is 0.508 e. The van der Waals surface area contributed by atoms with Gasteiger partial charge in [-0.25, -0.2) is 22.4 Å². The second-order valence-electron chi connectivity index (χ2n) is 14.3. The quantitative estimate of drug-likeness (QED) is 0.138. The molecule has 4 aromatic rings. The van der Waals surface area contributed by atoms with Gasteiger partial charge in [0, 0.05) is 23.7 Å². The summed E-state index contributed by atoms with van der Waals surface area (Å²) in [5.74, 6) is -2.39. The standard InChI is InChI=1S/C41H40F4N2O3/c42-31-9-1-5-27(21-31)35(28-6-2-10-32(43)22-28)37-39(25-13-17-46(37)18-14-25)49-41(48)50-40-26-15-19-47(20-16-26)38(40)36(29-7-3-11-33(44)23-29)30-8-4-12-34(45)24-30/h1-12,21-26,35-40H,13-20H2/t37-,38-,39-,40-/m1/s1. The Balaban J connectivity index is 1.12. The third kappa shape index (κ3) is 6.42. The van der Waals surface area contributed by atoms with Crippen molar-refractivity contribution in [3.63, 3.8) is 0 Å². The lowest BCUT2D eigenvalue weighted by molar-refractivity contribution is -0.133. The van der Waals surface area contributed by atoms with Crippen LogP contribution in [-0.4, -0.2) is 66.4 Å². The van der Waals surface area contributed by atoms with E-state index in [0.29, 0.717) is 22.3 Å². The second kappa shape index (κ2) is 13.8. The van der Waals surface area contributed by atoms with Gasteiger partial charge in [-0.2, -0.15) is 0 Å². The molecule has 10 rings (SSSR count). The smallest absolute Gasteiger partial charge is 0.429 e. The lowest BCUT2D eigenvalue weighted by atomic mass is 9.71. The highest BCUT2D eigenvalue weighted by Gasteiger charge is 2.52. The number of carbonyl (C=O) groups excluding carboxylic acids is 1. The van der Waals surface area contributed by atoms with E-state index in [1.54, 1.807) is 24.3 Å². The molecule has 4 aromatic carbocycles. The second-order valence-corrected chi connectivity index (χ2v) is 14.3. The number of nitrogens with zero attached hydrogens (tertiary/aromatic N) is 2. The van der Waals surface area contributed by atoms with Crippen molar-refractivity contribution in [3.8, 4) is 0 Å². The molecule has 0 aromatic heterocycles. The van der Waals surface area contributed by atoms with Crippen molar-refractivity contribution >= 4 is 6.16 Å². The molecule has 0 aliphatic carbocycles. The summed E-state index contributed by atoms with van der Waals surface area (Å²) in [6.07, 6.45) is 1.38. The van der Waals surface area contributed by atoms with Crippen LogP contribution in [0.25, 0.3) is 0 Å². The molecule has 4 bridgehead atoms. The zero-order chi connectivity index (χ0) is 34.4. The Labute approximate surface area is 289 Å². The Morgan fingerprint density at radius 2 is 0.820 bits per heavy atom. The molecule has 6 heterocycles. The largest absolute Gasteiger partial charge is 0.508 e. The average molecular weight is 685 g/mol. The Kier molecular flexibility index (Phi) is 9.12. The van der Waals surface area contributed by atoms with Gasteiger partial charge in [0.2, 0.25) is 0 Å². The van der Waals surface area contributed by atoms with Crippen LogP contribution in [0.4, 0.5) is 22.4 Å². The van der Waals surface area contributed by atoms with Crippen LogP contribution in [0.3, 0.4) is 0 Å². The van der Waals surface area contributed by atoms with E-state index in [4.69, 9.17) is 9.47 Å². The minimum atomic E-state index is -0.785. The average Bonchev–Trinajstić information content (AvgIpc) is 3.11. The van der Waals surface area contributed by atoms with Crippen LogP contribution < -0.4 is 0 Å². The number of ether oxygens (including phenoxy) is 2. The topological polar surface area (TPSA) is 42.0 Å². The summed E-state index contributed by atoms with van der Waals surface area (Å²) in [7, 11) is 0. The molecule has 6 aliphatic rings. The van der Waals surface area contributed by atoms with Gasteiger partial charge < -0.3 is 9.47 Å². The summed E-state index contributed by atoms with van der Waals surface area (Å²) < 4.78 is 71.5. The first-order chi connectivity index (χ1) is 24.3. The normalized spacial score (nSPS) is 28.6. The SMILES string of the molecule is O=C(O[C@@H]1C2CCN(CC2)[C@@H]1C(c1cccc(F)c1)c1cccc(F)c1)O[C@@H]1C2CCN(CC2)[C@@H]1C(c1cccc(F)c1)c1cccc(F)c1. The van der Waals surface area contributed by atoms with Crippen LogP contribution in [0.1, 0.15) is 59.8 Å². The van der Waals surface area contributed by atoms with E-state index < -0.39 is 53.5 Å². The molecule has 0 saturated carbocycles. The Hall–Kier alpha value is -4.21. The Morgan fingerprint density at radius 3 is 1.10 bits per heavy atom. The van der Waals surface area contributed by atoms with Crippen LogP contribution >= 0.6 is 0 Å². The fourth-order valence-electron chi connectivity index (χ4n) is 9.42. The lowest BCUT2D eigenvalue weighted by Gasteiger charge is -2.54. The first-order valence-corrected chi connectivity index (χ1v) is 17.7. The summed E-state index contributed by atoms with van der Waals surface area (Å²) in [5.41, 5.74) is 2.72. The van der Waals surface area contributed by atoms with Crippen LogP contribution in [0.2, 0.25) is 0 Å². The maximum absolute atomic E-state index is 14.7. The van der Waals surface area contributed by atoms with E-state index in [1.807, 2.05) is 24.3 Å². The minimum Gasteiger partial charge on any atom is -0.429 e. The summed E-state index contributed by atoms with van der Waals surface area (Å²) in [4.78, 5) is 18.7. The molecule has 9 heteroatoms. The van der Waals surface area contributed by atoms with Crippen molar-refractivity contribution in [2.75, 3.05) is 26.2 Å². The molecule has 0 unspecified atom stereocenters. The number of rotatable bonds is 8. The highest BCUT2D eigenvalue weighted by Crippen LogP contribution is 2.46. The Morgan fingerprint density at radius 1 is 0.520 bits per heavy atom. The highest BCUT2D eigenvalue weighted by molar-refractivity contribution is 5.61. The van der Waals surface area contributed by atoms with Gasteiger partial charge in [0.05, 0.1) is 12.1 Å². The molecular formula is C41H40F4N2O3. The summed E-state index contributed by atoms with van der Waals surface area (Å²) in [6.45, 7) is 3.15. The van der Waals surface area contributed by atoms with Gasteiger partial charge in [0.25, 0.3) is 0 Å². The number of halogens is 4. The molecule has 0 spiro atoms. The van der Waals surface area contributed by atoms with Crippen molar-refractivity contribution in [2.24, 2.45) is 11.8 Å². The zero-order valence-corrected chi connectivity index (χ0v) is 27.6. The number of benzene rings is 4. The van der Waals surface area contributed by atoms with Crippen molar-refractivity contribution in [3.05, 3.63) is 143 Å². The molecular weight excluding hydrogens is 644 g/mol. The zero-order valence-electron chi connectivity index (χ0n) is 27.6. The van der Waals surface area contributed by atoms with Crippen molar-refractivity contribution in [2.45, 2.75) is 61.8 Å². The van der Waals surface area contributed by atoms with Crippen molar-refractivity contribution in [1.82, 2.24) is 9.80 Å². The predicted molar refractivity (Wildman–Crippen MR) is 181 cm³/mol. The fraction of sp³-hybridized carbons (Fsp3) is 0.390. The third-order valence-electron chi connectivity index (χ3n) is 11.6. The molecule has 0 amide bonds. The van der Waals surface area contributed by atoms with Gasteiger partial charge in [0.1, 0.15) is 35.5 Å². The van der Waals surface area contributed by atoms with E-state index in [-0.39, 0.29) is 23.9 Å². The molecule has 6 fully saturated rings. The van der Waals surface area contributed by atoms with Crippen LogP contribution in [-0.2, 0) is 9.47 Å². The maximum atomic E-state index is 14.7. The molecule has 5 nitrogen and oxygen atoms in total. The van der Waals surface area contributed by atoms with Gasteiger partial charge in [-0.05, 0) is 123 Å². The molecule has 0 N–H and O–H groups in total. The van der Waals surface area contributed by atoms with Gasteiger partial charge in [0.15, 0.2) is 0 Å². The van der Waals surface area contributed by atoms with Crippen molar-refractivity contribution in [1.29, 1.82) is 0 Å². The van der Waals surface area contributed by atoms with Crippen molar-refractivity contribution < 1.29 is 31.8 Å². The van der Waals surface area contributed by atoms with E-state index in [1.165, 1.54) is 48.5 Å². The molecule has 50 heavy (non-hydrogen) atoms. The molecule has 6 aliphatic heterocycles. The number of piperidine rings is 6. The highest BCUT2D eigenvalue weighted by atomic mass is 19.1. The molecule has 4 atom stereocenters. The first kappa shape index (κ1) is 33.0. The number of carbonyl (C=O) groups is 1. The van der Waals surface area contributed by atoms with Gasteiger partial charge in [-0.3, -0.25) is 9.80 Å². The molecule has 6 saturated heterocycles. The minimum absolute atomic E-state index is 0.0526.